The Morgan fingerprint density at radius 1 is 1.39 bits per heavy atom. The summed E-state index contributed by atoms with van der Waals surface area (Å²) in [4.78, 5) is 12.2. The SMILES string of the molecule is Cc1cc(C(=O)NCC(O)C(C)(C)C)nn1-c1ccccc1Cl. The molecule has 0 aliphatic carbocycles. The zero-order valence-electron chi connectivity index (χ0n) is 13.8. The van der Waals surface area contributed by atoms with Crippen molar-refractivity contribution in [3.05, 3.63) is 46.7 Å². The van der Waals surface area contributed by atoms with E-state index >= 15 is 0 Å². The Bertz CT molecular complexity index is 704. The molecule has 2 aromatic rings. The molecule has 0 bridgehead atoms. The summed E-state index contributed by atoms with van der Waals surface area (Å²) in [6, 6.07) is 9.01. The van der Waals surface area contributed by atoms with E-state index < -0.39 is 6.10 Å². The summed E-state index contributed by atoms with van der Waals surface area (Å²) < 4.78 is 1.64. The molecule has 1 atom stereocenters. The average molecular weight is 336 g/mol. The van der Waals surface area contributed by atoms with Gasteiger partial charge in [-0.2, -0.15) is 5.10 Å². The largest absolute Gasteiger partial charge is 0.391 e. The molecule has 6 heteroatoms. The lowest BCUT2D eigenvalue weighted by atomic mass is 9.89. The number of halogens is 1. The summed E-state index contributed by atoms with van der Waals surface area (Å²) in [5.41, 5.74) is 1.53. The molecule has 1 aromatic carbocycles. The molecule has 0 fully saturated rings. The lowest BCUT2D eigenvalue weighted by molar-refractivity contribution is 0.0585. The number of benzene rings is 1. The quantitative estimate of drug-likeness (QED) is 0.902. The Morgan fingerprint density at radius 3 is 2.65 bits per heavy atom. The van der Waals surface area contributed by atoms with Crippen molar-refractivity contribution in [1.82, 2.24) is 15.1 Å². The standard InChI is InChI=1S/C17H22ClN3O2/c1-11-9-13(16(23)19-10-15(22)17(2,3)4)20-21(11)14-8-6-5-7-12(14)18/h5-9,15,22H,10H2,1-4H3,(H,19,23). The molecule has 2 rings (SSSR count). The van der Waals surface area contributed by atoms with E-state index in [4.69, 9.17) is 11.6 Å². The molecular weight excluding hydrogens is 314 g/mol. The minimum Gasteiger partial charge on any atom is -0.391 e. The van der Waals surface area contributed by atoms with Crippen molar-refractivity contribution in [2.45, 2.75) is 33.8 Å². The van der Waals surface area contributed by atoms with Gasteiger partial charge in [-0.1, -0.05) is 44.5 Å². The number of carbonyl (C=O) groups excluding carboxylic acids is 1. The number of hydrogen-bond donors (Lipinski definition) is 2. The number of amides is 1. The molecular formula is C17H22ClN3O2. The van der Waals surface area contributed by atoms with Gasteiger partial charge in [-0.3, -0.25) is 4.79 Å². The maximum Gasteiger partial charge on any atom is 0.271 e. The van der Waals surface area contributed by atoms with Crippen LogP contribution in [-0.4, -0.2) is 33.4 Å². The van der Waals surface area contributed by atoms with Crippen LogP contribution in [-0.2, 0) is 0 Å². The number of aliphatic hydroxyl groups is 1. The van der Waals surface area contributed by atoms with Gasteiger partial charge >= 0.3 is 0 Å². The lowest BCUT2D eigenvalue weighted by Gasteiger charge is -2.25. The van der Waals surface area contributed by atoms with Crippen molar-refractivity contribution < 1.29 is 9.90 Å². The van der Waals surface area contributed by atoms with E-state index in [0.29, 0.717) is 10.7 Å². The summed E-state index contributed by atoms with van der Waals surface area (Å²) in [5, 5.41) is 17.6. The van der Waals surface area contributed by atoms with Gasteiger partial charge in [-0.25, -0.2) is 4.68 Å². The van der Waals surface area contributed by atoms with E-state index in [9.17, 15) is 9.90 Å². The second-order valence-electron chi connectivity index (χ2n) is 6.63. The first-order valence-corrected chi connectivity index (χ1v) is 7.86. The predicted octanol–water partition coefficient (Wildman–Crippen LogP) is 2.97. The molecule has 1 amide bonds. The second kappa shape index (κ2) is 6.72. The summed E-state index contributed by atoms with van der Waals surface area (Å²) in [6.07, 6.45) is -0.627. The molecule has 0 saturated heterocycles. The molecule has 0 saturated carbocycles. The van der Waals surface area contributed by atoms with Gasteiger partial charge in [0.1, 0.15) is 0 Å². The molecule has 1 aromatic heterocycles. The maximum absolute atomic E-state index is 12.2. The van der Waals surface area contributed by atoms with Crippen LogP contribution in [0.25, 0.3) is 5.69 Å². The highest BCUT2D eigenvalue weighted by Gasteiger charge is 2.23. The first-order chi connectivity index (χ1) is 10.7. The van der Waals surface area contributed by atoms with Crippen LogP contribution in [0.3, 0.4) is 0 Å². The molecule has 5 nitrogen and oxygen atoms in total. The Labute approximate surface area is 141 Å². The summed E-state index contributed by atoms with van der Waals surface area (Å²) >= 11 is 6.18. The van der Waals surface area contributed by atoms with E-state index in [1.165, 1.54) is 0 Å². The number of aromatic nitrogens is 2. The highest BCUT2D eigenvalue weighted by Crippen LogP contribution is 2.21. The third kappa shape index (κ3) is 4.12. The molecule has 23 heavy (non-hydrogen) atoms. The van der Waals surface area contributed by atoms with Crippen molar-refractivity contribution in [2.24, 2.45) is 5.41 Å². The highest BCUT2D eigenvalue weighted by atomic mass is 35.5. The minimum atomic E-state index is -0.627. The maximum atomic E-state index is 12.2. The fraction of sp³-hybridized carbons (Fsp3) is 0.412. The molecule has 0 spiro atoms. The van der Waals surface area contributed by atoms with Crippen LogP contribution >= 0.6 is 11.6 Å². The zero-order chi connectivity index (χ0) is 17.2. The summed E-state index contributed by atoms with van der Waals surface area (Å²) in [7, 11) is 0. The first-order valence-electron chi connectivity index (χ1n) is 7.48. The lowest BCUT2D eigenvalue weighted by Crippen LogP contribution is -2.39. The van der Waals surface area contributed by atoms with Crippen LogP contribution in [0.2, 0.25) is 5.02 Å². The van der Waals surface area contributed by atoms with Crippen molar-refractivity contribution in [1.29, 1.82) is 0 Å². The van der Waals surface area contributed by atoms with Gasteiger partial charge in [0.25, 0.3) is 5.91 Å². The molecule has 124 valence electrons. The molecule has 0 aliphatic heterocycles. The van der Waals surface area contributed by atoms with E-state index in [1.807, 2.05) is 45.9 Å². The number of aryl methyl sites for hydroxylation is 1. The number of carbonyl (C=O) groups is 1. The van der Waals surface area contributed by atoms with Crippen LogP contribution in [0.5, 0.6) is 0 Å². The number of nitrogens with one attached hydrogen (secondary N) is 1. The Kier molecular flexibility index (Phi) is 5.12. The van der Waals surface area contributed by atoms with Gasteiger partial charge in [0.05, 0.1) is 16.8 Å². The van der Waals surface area contributed by atoms with Gasteiger partial charge in [0.2, 0.25) is 0 Å². The first kappa shape index (κ1) is 17.5. The molecule has 0 aliphatic rings. The third-order valence-electron chi connectivity index (χ3n) is 3.66. The van der Waals surface area contributed by atoms with Crippen LogP contribution in [0.15, 0.2) is 30.3 Å². The molecule has 1 unspecified atom stereocenters. The van der Waals surface area contributed by atoms with E-state index in [0.717, 1.165) is 11.4 Å². The summed E-state index contributed by atoms with van der Waals surface area (Å²) in [6.45, 7) is 7.79. The van der Waals surface area contributed by atoms with E-state index in [2.05, 4.69) is 10.4 Å². The van der Waals surface area contributed by atoms with Crippen LogP contribution in [0, 0.1) is 12.3 Å². The number of hydrogen-bond acceptors (Lipinski definition) is 3. The molecule has 1 heterocycles. The summed E-state index contributed by atoms with van der Waals surface area (Å²) in [5.74, 6) is -0.317. The minimum absolute atomic E-state index is 0.181. The zero-order valence-corrected chi connectivity index (χ0v) is 14.6. The van der Waals surface area contributed by atoms with Crippen molar-refractivity contribution in [3.63, 3.8) is 0 Å². The molecule has 2 N–H and O–H groups in total. The highest BCUT2D eigenvalue weighted by molar-refractivity contribution is 6.32. The van der Waals surface area contributed by atoms with Gasteiger partial charge in [-0.05, 0) is 30.5 Å². The van der Waals surface area contributed by atoms with E-state index in [-0.39, 0.29) is 17.9 Å². The topological polar surface area (TPSA) is 67.2 Å². The smallest absolute Gasteiger partial charge is 0.271 e. The molecule has 0 radical (unpaired) electrons. The normalized spacial score (nSPS) is 13.0. The van der Waals surface area contributed by atoms with Crippen LogP contribution in [0.4, 0.5) is 0 Å². The fourth-order valence-corrected chi connectivity index (χ4v) is 2.25. The monoisotopic (exact) mass is 335 g/mol. The van der Waals surface area contributed by atoms with Crippen molar-refractivity contribution >= 4 is 17.5 Å². The van der Waals surface area contributed by atoms with Crippen LogP contribution in [0.1, 0.15) is 37.0 Å². The third-order valence-corrected chi connectivity index (χ3v) is 3.98. The number of nitrogens with zero attached hydrogens (tertiary/aromatic N) is 2. The number of rotatable bonds is 4. The van der Waals surface area contributed by atoms with Gasteiger partial charge in [0.15, 0.2) is 5.69 Å². The Hall–Kier alpha value is -1.85. The Morgan fingerprint density at radius 2 is 2.04 bits per heavy atom. The van der Waals surface area contributed by atoms with Gasteiger partial charge < -0.3 is 10.4 Å². The Balaban J connectivity index is 2.15. The average Bonchev–Trinajstić information content (AvgIpc) is 2.86. The second-order valence-corrected chi connectivity index (χ2v) is 7.03. The number of para-hydroxylation sites is 1. The predicted molar refractivity (Wildman–Crippen MR) is 91.1 cm³/mol. The van der Waals surface area contributed by atoms with Gasteiger partial charge in [-0.15, -0.1) is 0 Å². The van der Waals surface area contributed by atoms with Crippen LogP contribution < -0.4 is 5.32 Å². The number of aliphatic hydroxyl groups excluding tert-OH is 1. The van der Waals surface area contributed by atoms with E-state index in [1.54, 1.807) is 16.8 Å². The van der Waals surface area contributed by atoms with Crippen molar-refractivity contribution in [2.75, 3.05) is 6.54 Å². The fourth-order valence-electron chi connectivity index (χ4n) is 2.04. The van der Waals surface area contributed by atoms with Crippen molar-refractivity contribution in [3.8, 4) is 5.69 Å². The van der Waals surface area contributed by atoms with Gasteiger partial charge in [0, 0.05) is 12.2 Å².